The van der Waals surface area contributed by atoms with Crippen LogP contribution in [0.25, 0.3) is 0 Å². The standard InChI is InChI=1S/C17H25N5S/c1-20(14-16-13-19-17(18)23-16)7-8-21-9-11-22(12-10-21)15-5-3-2-4-6-15/h2-6,13H,7-12,14H2,1H3,(H2,18,19). The topological polar surface area (TPSA) is 48.6 Å². The molecule has 23 heavy (non-hydrogen) atoms. The van der Waals surface area contributed by atoms with Crippen molar-refractivity contribution in [3.05, 3.63) is 41.4 Å². The summed E-state index contributed by atoms with van der Waals surface area (Å²) >= 11 is 1.58. The molecule has 124 valence electrons. The number of rotatable bonds is 6. The number of para-hydroxylation sites is 1. The van der Waals surface area contributed by atoms with Crippen molar-refractivity contribution in [1.29, 1.82) is 0 Å². The minimum absolute atomic E-state index is 0.658. The van der Waals surface area contributed by atoms with Crippen LogP contribution in [0.4, 0.5) is 10.8 Å². The van der Waals surface area contributed by atoms with Gasteiger partial charge in [0.25, 0.3) is 0 Å². The monoisotopic (exact) mass is 331 g/mol. The molecule has 0 amide bonds. The van der Waals surface area contributed by atoms with Gasteiger partial charge in [0.05, 0.1) is 0 Å². The van der Waals surface area contributed by atoms with E-state index in [1.807, 2.05) is 6.20 Å². The van der Waals surface area contributed by atoms with Crippen LogP contribution in [0.1, 0.15) is 4.88 Å². The van der Waals surface area contributed by atoms with Gasteiger partial charge in [-0.1, -0.05) is 18.2 Å². The summed E-state index contributed by atoms with van der Waals surface area (Å²) in [6.45, 7) is 7.61. The molecule has 1 fully saturated rings. The zero-order valence-electron chi connectivity index (χ0n) is 13.7. The molecule has 0 bridgehead atoms. The highest BCUT2D eigenvalue weighted by Crippen LogP contribution is 2.17. The van der Waals surface area contributed by atoms with Crippen molar-refractivity contribution in [2.24, 2.45) is 0 Å². The average Bonchev–Trinajstić information content (AvgIpc) is 2.99. The van der Waals surface area contributed by atoms with Crippen LogP contribution in [0, 0.1) is 0 Å². The third-order valence-electron chi connectivity index (χ3n) is 4.29. The van der Waals surface area contributed by atoms with Crippen molar-refractivity contribution in [2.45, 2.75) is 6.54 Å². The van der Waals surface area contributed by atoms with Gasteiger partial charge in [-0.25, -0.2) is 4.98 Å². The Kier molecular flexibility index (Phi) is 5.48. The molecule has 2 aromatic rings. The van der Waals surface area contributed by atoms with E-state index in [1.54, 1.807) is 11.3 Å². The Hall–Kier alpha value is -1.63. The second-order valence-electron chi connectivity index (χ2n) is 6.07. The van der Waals surface area contributed by atoms with Crippen LogP contribution in [-0.4, -0.2) is 61.1 Å². The molecule has 0 saturated carbocycles. The maximum absolute atomic E-state index is 5.68. The maximum Gasteiger partial charge on any atom is 0.180 e. The Balaban J connectivity index is 1.39. The highest BCUT2D eigenvalue weighted by molar-refractivity contribution is 7.15. The van der Waals surface area contributed by atoms with E-state index in [1.165, 1.54) is 10.6 Å². The molecule has 0 radical (unpaired) electrons. The lowest BCUT2D eigenvalue weighted by Crippen LogP contribution is -2.48. The molecule has 6 heteroatoms. The Morgan fingerprint density at radius 2 is 1.91 bits per heavy atom. The van der Waals surface area contributed by atoms with Crippen molar-refractivity contribution in [3.8, 4) is 0 Å². The van der Waals surface area contributed by atoms with Crippen LogP contribution < -0.4 is 10.6 Å². The quantitative estimate of drug-likeness (QED) is 0.877. The zero-order chi connectivity index (χ0) is 16.1. The van der Waals surface area contributed by atoms with E-state index in [-0.39, 0.29) is 0 Å². The van der Waals surface area contributed by atoms with Gasteiger partial charge in [-0.15, -0.1) is 11.3 Å². The Bertz CT molecular complexity index is 592. The Morgan fingerprint density at radius 1 is 1.17 bits per heavy atom. The third-order valence-corrected chi connectivity index (χ3v) is 5.10. The summed E-state index contributed by atoms with van der Waals surface area (Å²) in [5, 5.41) is 0.658. The van der Waals surface area contributed by atoms with Crippen molar-refractivity contribution in [3.63, 3.8) is 0 Å². The van der Waals surface area contributed by atoms with Crippen LogP contribution in [-0.2, 0) is 6.54 Å². The van der Waals surface area contributed by atoms with Crippen molar-refractivity contribution >= 4 is 22.2 Å². The van der Waals surface area contributed by atoms with Gasteiger partial charge in [-0.3, -0.25) is 9.80 Å². The van der Waals surface area contributed by atoms with E-state index < -0.39 is 0 Å². The molecule has 1 aromatic carbocycles. The van der Waals surface area contributed by atoms with Crippen LogP contribution in [0.15, 0.2) is 36.5 Å². The molecule has 1 saturated heterocycles. The van der Waals surface area contributed by atoms with Gasteiger partial charge >= 0.3 is 0 Å². The maximum atomic E-state index is 5.68. The fraction of sp³-hybridized carbons (Fsp3) is 0.471. The van der Waals surface area contributed by atoms with Gasteiger partial charge in [-0.2, -0.15) is 0 Å². The number of aromatic nitrogens is 1. The molecule has 1 aliphatic heterocycles. The summed E-state index contributed by atoms with van der Waals surface area (Å²) in [4.78, 5) is 12.7. The molecule has 0 unspecified atom stereocenters. The van der Waals surface area contributed by atoms with E-state index in [0.717, 1.165) is 45.8 Å². The molecule has 0 spiro atoms. The first-order valence-corrected chi connectivity index (χ1v) is 8.93. The number of nitrogens with two attached hydrogens (primary N) is 1. The molecule has 3 rings (SSSR count). The summed E-state index contributed by atoms with van der Waals surface area (Å²) < 4.78 is 0. The molecule has 5 nitrogen and oxygen atoms in total. The lowest BCUT2D eigenvalue weighted by molar-refractivity contribution is 0.213. The number of likely N-dealkylation sites (N-methyl/N-ethyl adjacent to an activating group) is 1. The number of hydrogen-bond donors (Lipinski definition) is 1. The minimum atomic E-state index is 0.658. The molecule has 2 heterocycles. The van der Waals surface area contributed by atoms with Crippen LogP contribution in [0.2, 0.25) is 0 Å². The van der Waals surface area contributed by atoms with E-state index in [9.17, 15) is 0 Å². The molecule has 1 aromatic heterocycles. The SMILES string of the molecule is CN(CCN1CCN(c2ccccc2)CC1)Cc1cnc(N)s1. The minimum Gasteiger partial charge on any atom is -0.375 e. The van der Waals surface area contributed by atoms with Crippen LogP contribution in [0.5, 0.6) is 0 Å². The van der Waals surface area contributed by atoms with Crippen LogP contribution >= 0.6 is 11.3 Å². The summed E-state index contributed by atoms with van der Waals surface area (Å²) in [5.74, 6) is 0. The van der Waals surface area contributed by atoms with Gasteiger partial charge in [0.1, 0.15) is 0 Å². The smallest absolute Gasteiger partial charge is 0.180 e. The first kappa shape index (κ1) is 16.2. The lowest BCUT2D eigenvalue weighted by atomic mass is 10.2. The van der Waals surface area contributed by atoms with Gasteiger partial charge in [0.2, 0.25) is 0 Å². The highest BCUT2D eigenvalue weighted by Gasteiger charge is 2.17. The van der Waals surface area contributed by atoms with Gasteiger partial charge in [0, 0.05) is 62.6 Å². The molecule has 0 atom stereocenters. The molecule has 0 aliphatic carbocycles. The number of hydrogen-bond acceptors (Lipinski definition) is 6. The molecular weight excluding hydrogens is 306 g/mol. The van der Waals surface area contributed by atoms with E-state index in [4.69, 9.17) is 5.73 Å². The first-order valence-electron chi connectivity index (χ1n) is 8.12. The van der Waals surface area contributed by atoms with E-state index in [2.05, 4.69) is 57.1 Å². The van der Waals surface area contributed by atoms with Crippen molar-refractivity contribution in [2.75, 3.05) is 56.9 Å². The lowest BCUT2D eigenvalue weighted by Gasteiger charge is -2.36. The predicted molar refractivity (Wildman–Crippen MR) is 98.0 cm³/mol. The summed E-state index contributed by atoms with van der Waals surface area (Å²) in [6.07, 6.45) is 1.88. The average molecular weight is 331 g/mol. The van der Waals surface area contributed by atoms with Gasteiger partial charge < -0.3 is 10.6 Å². The fourth-order valence-corrected chi connectivity index (χ4v) is 3.69. The number of nitrogen functional groups attached to an aromatic ring is 1. The van der Waals surface area contributed by atoms with E-state index >= 15 is 0 Å². The normalized spacial score (nSPS) is 16.2. The fourth-order valence-electron chi connectivity index (χ4n) is 2.92. The first-order chi connectivity index (χ1) is 11.2. The Morgan fingerprint density at radius 3 is 2.57 bits per heavy atom. The predicted octanol–water partition coefficient (Wildman–Crippen LogP) is 1.98. The second-order valence-corrected chi connectivity index (χ2v) is 7.21. The highest BCUT2D eigenvalue weighted by atomic mass is 32.1. The summed E-state index contributed by atoms with van der Waals surface area (Å²) in [5.41, 5.74) is 7.02. The zero-order valence-corrected chi connectivity index (χ0v) is 14.5. The van der Waals surface area contributed by atoms with Crippen molar-refractivity contribution in [1.82, 2.24) is 14.8 Å². The van der Waals surface area contributed by atoms with Crippen LogP contribution in [0.3, 0.4) is 0 Å². The number of anilines is 2. The van der Waals surface area contributed by atoms with Gasteiger partial charge in [0.15, 0.2) is 5.13 Å². The molecule has 1 aliphatic rings. The molecular formula is C17H25N5S. The number of thiazole rings is 1. The number of piperazine rings is 1. The number of benzene rings is 1. The second kappa shape index (κ2) is 7.77. The summed E-state index contributed by atoms with van der Waals surface area (Å²) in [7, 11) is 2.16. The van der Waals surface area contributed by atoms with Crippen molar-refractivity contribution < 1.29 is 0 Å². The largest absolute Gasteiger partial charge is 0.375 e. The number of nitrogens with zero attached hydrogens (tertiary/aromatic N) is 4. The molecule has 2 N–H and O–H groups in total. The van der Waals surface area contributed by atoms with Gasteiger partial charge in [-0.05, 0) is 19.2 Å². The third kappa shape index (κ3) is 4.67. The summed E-state index contributed by atoms with van der Waals surface area (Å²) in [6, 6.07) is 10.7. The van der Waals surface area contributed by atoms with E-state index in [0.29, 0.717) is 5.13 Å². The Labute approximate surface area is 142 Å².